The molecule has 0 atom stereocenters. The number of hydrogen-bond acceptors (Lipinski definition) is 5. The van der Waals surface area contributed by atoms with Crippen LogP contribution in [0.25, 0.3) is 5.52 Å². The zero-order chi connectivity index (χ0) is 18.0. The van der Waals surface area contributed by atoms with Crippen LogP contribution in [0.15, 0.2) is 35.0 Å². The Balaban J connectivity index is 2.01. The van der Waals surface area contributed by atoms with Gasteiger partial charge in [0.1, 0.15) is 5.76 Å². The average molecular weight is 341 g/mol. The quantitative estimate of drug-likeness (QED) is 0.769. The van der Waals surface area contributed by atoms with E-state index in [0.29, 0.717) is 30.2 Å². The van der Waals surface area contributed by atoms with Crippen molar-refractivity contribution in [2.75, 3.05) is 18.4 Å². The number of rotatable bonds is 5. The Morgan fingerprint density at radius 1 is 1.28 bits per heavy atom. The molecular weight excluding hydrogens is 322 g/mol. The minimum atomic E-state index is -0.465. The molecule has 2 amide bonds. The fourth-order valence-electron chi connectivity index (χ4n) is 2.61. The average Bonchev–Trinajstić information content (AvgIpc) is 3.19. The number of anilines is 1. The minimum Gasteiger partial charge on any atom is -0.360 e. The van der Waals surface area contributed by atoms with E-state index in [0.717, 1.165) is 0 Å². The lowest BCUT2D eigenvalue weighted by Gasteiger charge is -2.17. The van der Waals surface area contributed by atoms with Crippen LogP contribution in [0.5, 0.6) is 0 Å². The molecule has 1 N–H and O–H groups in total. The van der Waals surface area contributed by atoms with E-state index < -0.39 is 5.91 Å². The third-order valence-corrected chi connectivity index (χ3v) is 3.87. The number of carbonyl (C=O) groups excluding carboxylic acids is 2. The van der Waals surface area contributed by atoms with Crippen molar-refractivity contribution in [2.24, 2.45) is 0 Å². The number of fused-ring (bicyclic) bond motifs is 1. The van der Waals surface area contributed by atoms with Crippen LogP contribution in [0, 0.1) is 6.92 Å². The van der Waals surface area contributed by atoms with Gasteiger partial charge in [0.15, 0.2) is 11.5 Å². The molecule has 0 fully saturated rings. The molecule has 3 aromatic rings. The molecule has 0 aliphatic rings. The molecule has 0 bridgehead atoms. The summed E-state index contributed by atoms with van der Waals surface area (Å²) in [5.74, 6) is 0.331. The summed E-state index contributed by atoms with van der Waals surface area (Å²) in [4.78, 5) is 31.3. The molecule has 3 rings (SSSR count). The first-order valence-corrected chi connectivity index (χ1v) is 8.06. The number of carbonyl (C=O) groups is 2. The van der Waals surface area contributed by atoms with E-state index in [1.54, 1.807) is 46.7 Å². The maximum absolute atomic E-state index is 12.7. The Bertz CT molecular complexity index is 923. The largest absolute Gasteiger partial charge is 0.360 e. The molecule has 0 unspecified atom stereocenters. The molecule has 8 heteroatoms. The van der Waals surface area contributed by atoms with E-state index >= 15 is 0 Å². The standard InChI is InChI=1S/C17H19N5O3/c1-4-21(5-2)17(24)14-12-8-6-7-9-22(12)15(19-14)16(23)18-13-10-11(3)25-20-13/h6-10H,4-5H2,1-3H3,(H,18,20,23). The summed E-state index contributed by atoms with van der Waals surface area (Å²) in [5, 5.41) is 6.37. The van der Waals surface area contributed by atoms with Gasteiger partial charge in [-0.15, -0.1) is 0 Å². The molecule has 0 saturated carbocycles. The zero-order valence-corrected chi connectivity index (χ0v) is 14.3. The van der Waals surface area contributed by atoms with Crippen LogP contribution in [-0.2, 0) is 0 Å². The summed E-state index contributed by atoms with van der Waals surface area (Å²) in [5.41, 5.74) is 0.840. The van der Waals surface area contributed by atoms with E-state index in [1.807, 2.05) is 13.8 Å². The second kappa shape index (κ2) is 6.76. The number of nitrogens with one attached hydrogen (secondary N) is 1. The van der Waals surface area contributed by atoms with Crippen LogP contribution in [0.1, 0.15) is 40.7 Å². The fraction of sp³-hybridized carbons (Fsp3) is 0.294. The SMILES string of the molecule is CCN(CC)C(=O)c1nc(C(=O)Nc2cc(C)on2)n2ccccc12. The van der Waals surface area contributed by atoms with Crippen molar-refractivity contribution >= 4 is 23.1 Å². The zero-order valence-electron chi connectivity index (χ0n) is 14.3. The summed E-state index contributed by atoms with van der Waals surface area (Å²) in [6.07, 6.45) is 1.70. The first kappa shape index (κ1) is 16.7. The number of aryl methyl sites for hydroxylation is 1. The highest BCUT2D eigenvalue weighted by Crippen LogP contribution is 2.17. The first-order chi connectivity index (χ1) is 12.0. The highest BCUT2D eigenvalue weighted by atomic mass is 16.5. The molecule has 3 heterocycles. The first-order valence-electron chi connectivity index (χ1n) is 8.06. The van der Waals surface area contributed by atoms with Gasteiger partial charge >= 0.3 is 0 Å². The molecular formula is C17H19N5O3. The van der Waals surface area contributed by atoms with Crippen molar-refractivity contribution in [3.63, 3.8) is 0 Å². The molecule has 0 saturated heterocycles. The molecule has 8 nitrogen and oxygen atoms in total. The van der Waals surface area contributed by atoms with Gasteiger partial charge in [-0.3, -0.25) is 14.0 Å². The van der Waals surface area contributed by atoms with Crippen LogP contribution >= 0.6 is 0 Å². The molecule has 0 spiro atoms. The van der Waals surface area contributed by atoms with Crippen LogP contribution in [0.4, 0.5) is 5.82 Å². The Morgan fingerprint density at radius 3 is 2.68 bits per heavy atom. The topological polar surface area (TPSA) is 92.7 Å². The monoisotopic (exact) mass is 341 g/mol. The number of pyridine rings is 1. The Hall–Kier alpha value is -3.16. The highest BCUT2D eigenvalue weighted by molar-refractivity contribution is 6.05. The van der Waals surface area contributed by atoms with Crippen LogP contribution in [0.3, 0.4) is 0 Å². The van der Waals surface area contributed by atoms with Gasteiger partial charge in [0, 0.05) is 25.4 Å². The third-order valence-electron chi connectivity index (χ3n) is 3.87. The summed E-state index contributed by atoms with van der Waals surface area (Å²) in [6.45, 7) is 6.68. The van der Waals surface area contributed by atoms with Crippen molar-refractivity contribution in [1.29, 1.82) is 0 Å². The van der Waals surface area contributed by atoms with Gasteiger partial charge < -0.3 is 14.7 Å². The van der Waals surface area contributed by atoms with E-state index in [2.05, 4.69) is 15.5 Å². The van der Waals surface area contributed by atoms with E-state index in [9.17, 15) is 9.59 Å². The maximum Gasteiger partial charge on any atom is 0.293 e. The lowest BCUT2D eigenvalue weighted by Crippen LogP contribution is -2.31. The van der Waals surface area contributed by atoms with Gasteiger partial charge in [0.25, 0.3) is 11.8 Å². The number of aromatic nitrogens is 3. The van der Waals surface area contributed by atoms with E-state index in [-0.39, 0.29) is 17.4 Å². The Kier molecular flexibility index (Phi) is 4.51. The second-order valence-electron chi connectivity index (χ2n) is 5.49. The maximum atomic E-state index is 12.7. The number of nitrogens with zero attached hydrogens (tertiary/aromatic N) is 4. The summed E-state index contributed by atoms with van der Waals surface area (Å²) >= 11 is 0. The van der Waals surface area contributed by atoms with Crippen LogP contribution in [-0.4, -0.2) is 44.3 Å². The highest BCUT2D eigenvalue weighted by Gasteiger charge is 2.24. The van der Waals surface area contributed by atoms with Crippen molar-refractivity contribution in [3.8, 4) is 0 Å². The molecule has 3 aromatic heterocycles. The van der Waals surface area contributed by atoms with Crippen molar-refractivity contribution in [3.05, 3.63) is 47.7 Å². The Morgan fingerprint density at radius 2 is 2.04 bits per heavy atom. The number of hydrogen-bond donors (Lipinski definition) is 1. The molecule has 0 aliphatic carbocycles. The van der Waals surface area contributed by atoms with Gasteiger partial charge in [0.05, 0.1) is 5.52 Å². The lowest BCUT2D eigenvalue weighted by atomic mass is 10.3. The molecule has 25 heavy (non-hydrogen) atoms. The number of imidazole rings is 1. The van der Waals surface area contributed by atoms with E-state index in [4.69, 9.17) is 4.52 Å². The van der Waals surface area contributed by atoms with Crippen LogP contribution in [0.2, 0.25) is 0 Å². The minimum absolute atomic E-state index is 0.117. The smallest absolute Gasteiger partial charge is 0.293 e. The third kappa shape index (κ3) is 3.10. The Labute approximate surface area is 144 Å². The molecule has 0 radical (unpaired) electrons. The second-order valence-corrected chi connectivity index (χ2v) is 5.49. The summed E-state index contributed by atoms with van der Waals surface area (Å²) in [7, 11) is 0. The van der Waals surface area contributed by atoms with Crippen molar-refractivity contribution in [2.45, 2.75) is 20.8 Å². The lowest BCUT2D eigenvalue weighted by molar-refractivity contribution is 0.0769. The number of amides is 2. The molecule has 0 aromatic carbocycles. The predicted octanol–water partition coefficient (Wildman–Crippen LogP) is 2.37. The van der Waals surface area contributed by atoms with Gasteiger partial charge in [0.2, 0.25) is 5.82 Å². The van der Waals surface area contributed by atoms with Gasteiger partial charge in [-0.2, -0.15) is 0 Å². The van der Waals surface area contributed by atoms with Gasteiger partial charge in [-0.25, -0.2) is 4.98 Å². The molecule has 0 aliphatic heterocycles. The normalized spacial score (nSPS) is 10.8. The summed E-state index contributed by atoms with van der Waals surface area (Å²) < 4.78 is 6.54. The predicted molar refractivity (Wildman–Crippen MR) is 91.6 cm³/mol. The molecule has 130 valence electrons. The van der Waals surface area contributed by atoms with Gasteiger partial charge in [-0.1, -0.05) is 11.2 Å². The van der Waals surface area contributed by atoms with E-state index in [1.165, 1.54) is 0 Å². The van der Waals surface area contributed by atoms with Gasteiger partial charge in [-0.05, 0) is 32.9 Å². The fourth-order valence-corrected chi connectivity index (χ4v) is 2.61. The van der Waals surface area contributed by atoms with Crippen molar-refractivity contribution < 1.29 is 14.1 Å². The summed E-state index contributed by atoms with van der Waals surface area (Å²) in [6, 6.07) is 6.95. The van der Waals surface area contributed by atoms with Crippen LogP contribution < -0.4 is 5.32 Å². The van der Waals surface area contributed by atoms with Crippen molar-refractivity contribution in [1.82, 2.24) is 19.4 Å².